The zero-order chi connectivity index (χ0) is 23.1. The van der Waals surface area contributed by atoms with Crippen molar-refractivity contribution in [3.05, 3.63) is 63.8 Å². The van der Waals surface area contributed by atoms with Gasteiger partial charge in [-0.3, -0.25) is 0 Å². The van der Waals surface area contributed by atoms with E-state index < -0.39 is 0 Å². The van der Waals surface area contributed by atoms with Gasteiger partial charge in [-0.25, -0.2) is 0 Å². The maximum absolute atomic E-state index is 4.08. The van der Waals surface area contributed by atoms with E-state index in [4.69, 9.17) is 0 Å². The first-order valence-corrected chi connectivity index (χ1v) is 11.9. The standard InChI is InChI=1S/C21H30.C4H8.2C2H6/c1-9-18-13-19(12-15(6)20(18)10-2)21(11-3)17(8)16(7)14(4)5;1-4-2-3-4;2*1-2/h11-13H,4,9-10H2,1-3,5-8H3;4H,2-3H2,1H3;2*1-2H3/b17-16-,21-11+;;;. The maximum atomic E-state index is 4.08. The molecule has 1 fully saturated rings. The van der Waals surface area contributed by atoms with Gasteiger partial charge in [0.2, 0.25) is 0 Å². The Morgan fingerprint density at radius 2 is 1.45 bits per heavy atom. The summed E-state index contributed by atoms with van der Waals surface area (Å²) >= 11 is 0. The minimum absolute atomic E-state index is 1.08. The normalized spacial score (nSPS) is 13.6. The average Bonchev–Trinajstić information content (AvgIpc) is 3.52. The highest BCUT2D eigenvalue weighted by Crippen LogP contribution is 2.31. The van der Waals surface area contributed by atoms with Gasteiger partial charge in [0.05, 0.1) is 0 Å². The first-order valence-electron chi connectivity index (χ1n) is 11.9. The van der Waals surface area contributed by atoms with Crippen LogP contribution in [0.1, 0.15) is 111 Å². The van der Waals surface area contributed by atoms with E-state index in [-0.39, 0.29) is 0 Å². The lowest BCUT2D eigenvalue weighted by Gasteiger charge is -2.17. The van der Waals surface area contributed by atoms with Crippen molar-refractivity contribution in [1.29, 1.82) is 0 Å². The molecule has 0 aliphatic heterocycles. The molecule has 0 bridgehead atoms. The fourth-order valence-corrected chi connectivity index (χ4v) is 3.16. The largest absolute Gasteiger partial charge is 0.0958 e. The van der Waals surface area contributed by atoms with Gasteiger partial charge in [0, 0.05) is 0 Å². The number of hydrogen-bond donors (Lipinski definition) is 0. The minimum Gasteiger partial charge on any atom is -0.0958 e. The first kappa shape index (κ1) is 29.6. The van der Waals surface area contributed by atoms with Crippen LogP contribution in [-0.4, -0.2) is 0 Å². The van der Waals surface area contributed by atoms with E-state index in [0.29, 0.717) is 0 Å². The topological polar surface area (TPSA) is 0 Å². The Bertz CT molecular complexity index is 664. The van der Waals surface area contributed by atoms with Gasteiger partial charge in [0.1, 0.15) is 0 Å². The summed E-state index contributed by atoms with van der Waals surface area (Å²) in [4.78, 5) is 0. The molecule has 29 heavy (non-hydrogen) atoms. The van der Waals surface area contributed by atoms with E-state index in [0.717, 1.165) is 24.3 Å². The summed E-state index contributed by atoms with van der Waals surface area (Å²) in [6, 6.07) is 4.71. The van der Waals surface area contributed by atoms with Gasteiger partial charge in [0.15, 0.2) is 0 Å². The van der Waals surface area contributed by atoms with Gasteiger partial charge in [-0.2, -0.15) is 0 Å². The van der Waals surface area contributed by atoms with Gasteiger partial charge < -0.3 is 0 Å². The van der Waals surface area contributed by atoms with Gasteiger partial charge in [0.25, 0.3) is 0 Å². The van der Waals surface area contributed by atoms with Crippen LogP contribution in [0.15, 0.2) is 41.5 Å². The molecule has 1 aliphatic carbocycles. The zero-order valence-electron chi connectivity index (χ0n) is 21.8. The zero-order valence-corrected chi connectivity index (χ0v) is 21.8. The molecule has 0 unspecified atom stereocenters. The molecular weight excluding hydrogens is 348 g/mol. The fraction of sp³-hybridized carbons (Fsp3) is 0.586. The molecule has 0 amide bonds. The van der Waals surface area contributed by atoms with Gasteiger partial charge >= 0.3 is 0 Å². The highest BCUT2D eigenvalue weighted by atomic mass is 14.2. The van der Waals surface area contributed by atoms with E-state index in [2.05, 4.69) is 80.2 Å². The van der Waals surface area contributed by atoms with Crippen molar-refractivity contribution >= 4 is 5.57 Å². The predicted molar refractivity (Wildman–Crippen MR) is 138 cm³/mol. The summed E-state index contributed by atoms with van der Waals surface area (Å²) in [5, 5.41) is 0. The molecule has 0 nitrogen and oxygen atoms in total. The van der Waals surface area contributed by atoms with Crippen LogP contribution in [0.25, 0.3) is 5.57 Å². The monoisotopic (exact) mass is 398 g/mol. The maximum Gasteiger partial charge on any atom is -0.0179 e. The van der Waals surface area contributed by atoms with E-state index >= 15 is 0 Å². The van der Waals surface area contributed by atoms with Crippen LogP contribution in [0.3, 0.4) is 0 Å². The second kappa shape index (κ2) is 16.3. The van der Waals surface area contributed by atoms with Crippen molar-refractivity contribution in [1.82, 2.24) is 0 Å². The van der Waals surface area contributed by atoms with Gasteiger partial charge in [-0.05, 0) is 92.4 Å². The van der Waals surface area contributed by atoms with Crippen LogP contribution in [-0.2, 0) is 12.8 Å². The average molecular weight is 399 g/mol. The molecule has 1 aliphatic rings. The molecule has 166 valence electrons. The van der Waals surface area contributed by atoms with Crippen molar-refractivity contribution in [2.75, 3.05) is 0 Å². The molecule has 0 spiro atoms. The van der Waals surface area contributed by atoms with Crippen LogP contribution >= 0.6 is 0 Å². The molecule has 1 aromatic rings. The van der Waals surface area contributed by atoms with E-state index in [1.54, 1.807) is 0 Å². The third-order valence-electron chi connectivity index (χ3n) is 5.37. The Hall–Kier alpha value is -1.56. The summed E-state index contributed by atoms with van der Waals surface area (Å²) in [6.45, 7) is 29.6. The summed E-state index contributed by atoms with van der Waals surface area (Å²) in [5.74, 6) is 1.08. The number of benzene rings is 1. The minimum atomic E-state index is 1.08. The van der Waals surface area contributed by atoms with Gasteiger partial charge in [-0.15, -0.1) is 0 Å². The molecule has 2 rings (SSSR count). The van der Waals surface area contributed by atoms with Crippen molar-refractivity contribution < 1.29 is 0 Å². The summed E-state index contributed by atoms with van der Waals surface area (Å²) in [7, 11) is 0. The number of aryl methyl sites for hydroxylation is 2. The molecular formula is C29H50. The summed E-state index contributed by atoms with van der Waals surface area (Å²) < 4.78 is 0. The van der Waals surface area contributed by atoms with Crippen LogP contribution < -0.4 is 0 Å². The lowest BCUT2D eigenvalue weighted by atomic mass is 9.88. The number of rotatable bonds is 5. The highest BCUT2D eigenvalue weighted by Gasteiger charge is 2.13. The second-order valence-corrected chi connectivity index (χ2v) is 7.55. The van der Waals surface area contributed by atoms with Crippen molar-refractivity contribution in [3.8, 4) is 0 Å². The molecule has 0 aromatic heterocycles. The Balaban J connectivity index is 0. The molecule has 0 heteroatoms. The Labute approximate surface area is 184 Å². The van der Waals surface area contributed by atoms with Gasteiger partial charge in [-0.1, -0.05) is 91.7 Å². The van der Waals surface area contributed by atoms with Crippen molar-refractivity contribution in [2.45, 2.75) is 109 Å². The molecule has 0 N–H and O–H groups in total. The third kappa shape index (κ3) is 10.2. The van der Waals surface area contributed by atoms with Crippen LogP contribution in [0, 0.1) is 12.8 Å². The first-order chi connectivity index (χ1) is 13.8. The van der Waals surface area contributed by atoms with E-state index in [9.17, 15) is 0 Å². The molecule has 1 aromatic carbocycles. The molecule has 0 saturated heterocycles. The Morgan fingerprint density at radius 3 is 1.76 bits per heavy atom. The fourth-order valence-electron chi connectivity index (χ4n) is 3.16. The summed E-state index contributed by atoms with van der Waals surface area (Å²) in [6.07, 6.45) is 7.40. The van der Waals surface area contributed by atoms with E-state index in [1.165, 1.54) is 51.8 Å². The lowest BCUT2D eigenvalue weighted by molar-refractivity contribution is 0.983. The smallest absolute Gasteiger partial charge is 0.0179 e. The molecule has 0 heterocycles. The van der Waals surface area contributed by atoms with Crippen molar-refractivity contribution in [3.63, 3.8) is 0 Å². The molecule has 0 atom stereocenters. The van der Waals surface area contributed by atoms with Crippen LogP contribution in [0.2, 0.25) is 0 Å². The third-order valence-corrected chi connectivity index (χ3v) is 5.37. The quantitative estimate of drug-likeness (QED) is 0.433. The lowest BCUT2D eigenvalue weighted by Crippen LogP contribution is -1.99. The summed E-state index contributed by atoms with van der Waals surface area (Å²) in [5.41, 5.74) is 10.8. The van der Waals surface area contributed by atoms with Crippen molar-refractivity contribution in [2.24, 2.45) is 5.92 Å². The highest BCUT2D eigenvalue weighted by molar-refractivity contribution is 5.80. The molecule has 1 saturated carbocycles. The Kier molecular flexibility index (Phi) is 16.6. The number of hydrogen-bond acceptors (Lipinski definition) is 0. The van der Waals surface area contributed by atoms with E-state index in [1.807, 2.05) is 27.7 Å². The van der Waals surface area contributed by atoms with Crippen LogP contribution in [0.5, 0.6) is 0 Å². The second-order valence-electron chi connectivity index (χ2n) is 7.55. The van der Waals surface area contributed by atoms with Crippen LogP contribution in [0.4, 0.5) is 0 Å². The SMILES string of the molecule is C=C(C)/C(C)=C(C)\C(=C/C)c1cc(C)c(CC)c(CC)c1.CC.CC.CC1CC1. The molecule has 0 radical (unpaired) electrons. The predicted octanol–water partition coefficient (Wildman–Crippen LogP) is 9.90. The Morgan fingerprint density at radius 1 is 0.966 bits per heavy atom. The number of allylic oxidation sites excluding steroid dienone is 5.